The van der Waals surface area contributed by atoms with Gasteiger partial charge in [-0.25, -0.2) is 4.39 Å². The van der Waals surface area contributed by atoms with Gasteiger partial charge in [-0.3, -0.25) is 9.59 Å². The molecule has 156 valence electrons. The number of carbonyl (C=O) groups excluding carboxylic acids is 2. The lowest BCUT2D eigenvalue weighted by Gasteiger charge is -2.22. The minimum absolute atomic E-state index is 0.00226. The van der Waals surface area contributed by atoms with Crippen LogP contribution in [-0.2, 0) is 10.2 Å². The second-order valence-corrected chi connectivity index (χ2v) is 8.17. The summed E-state index contributed by atoms with van der Waals surface area (Å²) in [5.41, 5.74) is 11.2. The Morgan fingerprint density at radius 3 is 2.63 bits per heavy atom. The molecule has 1 amide bonds. The van der Waals surface area contributed by atoms with E-state index in [1.165, 1.54) is 24.3 Å². The number of carbonyl (C=O) groups is 2. The van der Waals surface area contributed by atoms with Gasteiger partial charge in [-0.1, -0.05) is 17.7 Å². The first-order valence-electron chi connectivity index (χ1n) is 9.53. The first kappa shape index (κ1) is 21.8. The molecule has 1 fully saturated rings. The fourth-order valence-corrected chi connectivity index (χ4v) is 3.78. The van der Waals surface area contributed by atoms with Crippen LogP contribution in [0.3, 0.4) is 0 Å². The highest BCUT2D eigenvalue weighted by Crippen LogP contribution is 2.49. The van der Waals surface area contributed by atoms with E-state index in [1.807, 2.05) is 13.0 Å². The van der Waals surface area contributed by atoms with Crippen LogP contribution in [0.25, 0.3) is 0 Å². The number of benzene rings is 2. The number of nitrogens with zero attached hydrogens (tertiary/aromatic N) is 1. The molecule has 8 heteroatoms. The highest BCUT2D eigenvalue weighted by molar-refractivity contribution is 6.35. The van der Waals surface area contributed by atoms with Crippen LogP contribution in [0.4, 0.5) is 10.1 Å². The van der Waals surface area contributed by atoms with Crippen molar-refractivity contribution in [3.8, 4) is 6.07 Å². The smallest absolute Gasteiger partial charge is 0.218 e. The molecule has 1 saturated carbocycles. The average Bonchev–Trinajstić information content (AvgIpc) is 3.47. The Bertz CT molecular complexity index is 1060. The van der Waals surface area contributed by atoms with Crippen molar-refractivity contribution in [2.45, 2.75) is 37.6 Å². The molecule has 2 aromatic carbocycles. The zero-order valence-electron chi connectivity index (χ0n) is 16.5. The summed E-state index contributed by atoms with van der Waals surface area (Å²) in [7, 11) is 0. The molecule has 1 atom stereocenters. The SMILES string of the molecule is C[C@@H](CC(N)=O)NCC1(c2ccc(Cl)c(C(=O)c3ccc(N)c(C#N)c3)c2F)CC1. The molecule has 30 heavy (non-hydrogen) atoms. The number of halogens is 2. The highest BCUT2D eigenvalue weighted by atomic mass is 35.5. The molecule has 0 spiro atoms. The number of nitriles is 1. The number of nitrogen functional groups attached to an aromatic ring is 1. The summed E-state index contributed by atoms with van der Waals surface area (Å²) < 4.78 is 15.5. The number of hydrogen-bond acceptors (Lipinski definition) is 5. The van der Waals surface area contributed by atoms with Crippen molar-refractivity contribution in [2.24, 2.45) is 5.73 Å². The summed E-state index contributed by atoms with van der Waals surface area (Å²) in [4.78, 5) is 24.1. The maximum atomic E-state index is 15.5. The fraction of sp³-hybridized carbons (Fsp3) is 0.318. The lowest BCUT2D eigenvalue weighted by molar-refractivity contribution is -0.118. The van der Waals surface area contributed by atoms with Crippen LogP contribution < -0.4 is 16.8 Å². The molecular weight excluding hydrogens is 407 g/mol. The fourth-order valence-electron chi connectivity index (χ4n) is 3.54. The summed E-state index contributed by atoms with van der Waals surface area (Å²) in [6.45, 7) is 2.29. The van der Waals surface area contributed by atoms with Gasteiger partial charge in [0.15, 0.2) is 5.78 Å². The Kier molecular flexibility index (Phi) is 6.11. The van der Waals surface area contributed by atoms with Gasteiger partial charge in [0, 0.05) is 35.7 Å². The van der Waals surface area contributed by atoms with Crippen molar-refractivity contribution in [1.29, 1.82) is 5.26 Å². The lowest BCUT2D eigenvalue weighted by Crippen LogP contribution is -2.37. The molecule has 6 nitrogen and oxygen atoms in total. The molecule has 0 heterocycles. The maximum Gasteiger partial charge on any atom is 0.218 e. The predicted molar refractivity (Wildman–Crippen MR) is 113 cm³/mol. The molecule has 0 bridgehead atoms. The molecule has 5 N–H and O–H groups in total. The zero-order chi connectivity index (χ0) is 22.1. The van der Waals surface area contributed by atoms with Crippen molar-refractivity contribution in [2.75, 3.05) is 12.3 Å². The Morgan fingerprint density at radius 2 is 2.03 bits per heavy atom. The predicted octanol–water partition coefficient (Wildman–Crippen LogP) is 3.05. The lowest BCUT2D eigenvalue weighted by atomic mass is 9.90. The second kappa shape index (κ2) is 8.42. The van der Waals surface area contributed by atoms with Crippen LogP contribution >= 0.6 is 11.6 Å². The molecule has 2 aromatic rings. The van der Waals surface area contributed by atoms with Gasteiger partial charge in [0.2, 0.25) is 5.91 Å². The van der Waals surface area contributed by atoms with Crippen LogP contribution in [-0.4, -0.2) is 24.3 Å². The van der Waals surface area contributed by atoms with Crippen LogP contribution in [0.5, 0.6) is 0 Å². The summed E-state index contributed by atoms with van der Waals surface area (Å²) >= 11 is 6.19. The van der Waals surface area contributed by atoms with E-state index in [9.17, 15) is 9.59 Å². The van der Waals surface area contributed by atoms with E-state index in [0.29, 0.717) is 12.1 Å². The molecule has 0 radical (unpaired) electrons. The van der Waals surface area contributed by atoms with E-state index >= 15 is 4.39 Å². The Labute approximate surface area is 179 Å². The summed E-state index contributed by atoms with van der Waals surface area (Å²) in [5, 5.41) is 12.4. The van der Waals surface area contributed by atoms with Crippen molar-refractivity contribution in [3.05, 3.63) is 63.4 Å². The molecule has 0 aromatic heterocycles. The van der Waals surface area contributed by atoms with Gasteiger partial charge in [0.05, 0.1) is 16.1 Å². The molecule has 0 saturated heterocycles. The van der Waals surface area contributed by atoms with Crippen LogP contribution in [0.1, 0.15) is 53.2 Å². The second-order valence-electron chi connectivity index (χ2n) is 7.76. The zero-order valence-corrected chi connectivity index (χ0v) is 17.2. The summed E-state index contributed by atoms with van der Waals surface area (Å²) in [6.07, 6.45) is 1.67. The van der Waals surface area contributed by atoms with Crippen molar-refractivity contribution in [3.63, 3.8) is 0 Å². The van der Waals surface area contributed by atoms with E-state index < -0.39 is 22.9 Å². The highest BCUT2D eigenvalue weighted by Gasteiger charge is 2.46. The topological polar surface area (TPSA) is 122 Å². The van der Waals surface area contributed by atoms with Crippen molar-refractivity contribution < 1.29 is 14.0 Å². The number of rotatable bonds is 8. The van der Waals surface area contributed by atoms with Gasteiger partial charge in [0.1, 0.15) is 11.9 Å². The third kappa shape index (κ3) is 4.30. The van der Waals surface area contributed by atoms with Gasteiger partial charge in [-0.15, -0.1) is 0 Å². The van der Waals surface area contributed by atoms with Gasteiger partial charge in [0.25, 0.3) is 0 Å². The number of anilines is 1. The van der Waals surface area contributed by atoms with Gasteiger partial charge in [-0.05, 0) is 49.6 Å². The monoisotopic (exact) mass is 428 g/mol. The molecule has 0 unspecified atom stereocenters. The molecule has 1 aliphatic carbocycles. The molecule has 3 rings (SSSR count). The van der Waals surface area contributed by atoms with Crippen LogP contribution in [0.2, 0.25) is 5.02 Å². The molecule has 0 aliphatic heterocycles. The maximum absolute atomic E-state index is 15.5. The molecule has 1 aliphatic rings. The number of hydrogen-bond donors (Lipinski definition) is 3. The summed E-state index contributed by atoms with van der Waals surface area (Å²) in [5.74, 6) is -1.68. The van der Waals surface area contributed by atoms with E-state index in [-0.39, 0.29) is 39.9 Å². The van der Waals surface area contributed by atoms with Gasteiger partial charge in [-0.2, -0.15) is 5.26 Å². The quantitative estimate of drug-likeness (QED) is 0.440. The first-order valence-corrected chi connectivity index (χ1v) is 9.91. The summed E-state index contributed by atoms with van der Waals surface area (Å²) in [6, 6.07) is 9.11. The normalized spacial score (nSPS) is 15.3. The Balaban J connectivity index is 1.92. The van der Waals surface area contributed by atoms with Crippen LogP contribution in [0.15, 0.2) is 30.3 Å². The number of nitrogens with two attached hydrogens (primary N) is 2. The van der Waals surface area contributed by atoms with E-state index in [0.717, 1.165) is 12.8 Å². The minimum Gasteiger partial charge on any atom is -0.398 e. The molecular formula is C22H22ClFN4O2. The van der Waals surface area contributed by atoms with E-state index in [2.05, 4.69) is 5.32 Å². The van der Waals surface area contributed by atoms with E-state index in [4.69, 9.17) is 28.3 Å². The Morgan fingerprint density at radius 1 is 1.33 bits per heavy atom. The van der Waals surface area contributed by atoms with Crippen molar-refractivity contribution >= 4 is 29.0 Å². The third-order valence-corrected chi connectivity index (χ3v) is 5.79. The van der Waals surface area contributed by atoms with Crippen LogP contribution in [0, 0.1) is 17.1 Å². The standard InChI is InChI=1S/C22H22ClFN4O2/c1-12(8-18(27)29)28-11-22(6-7-22)15-3-4-16(23)19(20(15)24)21(30)13-2-5-17(26)14(9-13)10-25/h2-5,9,12,28H,6-8,11,26H2,1H3,(H2,27,29)/t12-/m0/s1. The third-order valence-electron chi connectivity index (χ3n) is 5.48. The number of nitrogens with one attached hydrogen (secondary N) is 1. The average molecular weight is 429 g/mol. The number of ketones is 1. The van der Waals surface area contributed by atoms with Gasteiger partial charge < -0.3 is 16.8 Å². The van der Waals surface area contributed by atoms with Crippen molar-refractivity contribution in [1.82, 2.24) is 5.32 Å². The first-order chi connectivity index (χ1) is 14.2. The van der Waals surface area contributed by atoms with E-state index in [1.54, 1.807) is 6.07 Å². The largest absolute Gasteiger partial charge is 0.398 e. The number of primary amides is 1. The van der Waals surface area contributed by atoms with Gasteiger partial charge >= 0.3 is 0 Å². The number of amides is 1. The minimum atomic E-state index is -0.662. The Hall–Kier alpha value is -2.95.